The first kappa shape index (κ1) is 23.0. The number of rotatable bonds is 5. The van der Waals surface area contributed by atoms with Crippen molar-refractivity contribution in [2.75, 3.05) is 24.2 Å². The molecule has 1 aliphatic rings. The van der Waals surface area contributed by atoms with Gasteiger partial charge in [0.1, 0.15) is 23.1 Å². The number of allylic oxidation sites excluding steroid dienone is 1. The lowest BCUT2D eigenvalue weighted by Gasteiger charge is -2.17. The number of amides is 2. The van der Waals surface area contributed by atoms with Crippen molar-refractivity contribution < 1.29 is 13.9 Å². The van der Waals surface area contributed by atoms with Crippen LogP contribution in [0, 0.1) is 5.82 Å². The summed E-state index contributed by atoms with van der Waals surface area (Å²) in [5.41, 5.74) is 1.47. The fourth-order valence-electron chi connectivity index (χ4n) is 3.21. The number of benzene rings is 1. The fourth-order valence-corrected chi connectivity index (χ4v) is 3.21. The Kier molecular flexibility index (Phi) is 6.36. The molecule has 0 aliphatic carbocycles. The van der Waals surface area contributed by atoms with Gasteiger partial charge < -0.3 is 15.0 Å². The Morgan fingerprint density at radius 2 is 1.88 bits per heavy atom. The Bertz CT molecular complexity index is 1240. The van der Waals surface area contributed by atoms with Crippen LogP contribution in [-0.2, 0) is 5.41 Å². The van der Waals surface area contributed by atoms with Crippen molar-refractivity contribution >= 4 is 17.5 Å². The second kappa shape index (κ2) is 9.38. The molecule has 4 rings (SSSR count). The molecule has 1 aromatic carbocycles. The van der Waals surface area contributed by atoms with Crippen molar-refractivity contribution in [3.8, 4) is 11.4 Å². The summed E-state index contributed by atoms with van der Waals surface area (Å²) in [4.78, 5) is 18.6. The highest BCUT2D eigenvalue weighted by Gasteiger charge is 2.22. The van der Waals surface area contributed by atoms with Gasteiger partial charge in [0, 0.05) is 43.0 Å². The number of ether oxygens (including phenoxy) is 1. The topological polar surface area (TPSA) is 84.3 Å². The molecule has 8 nitrogen and oxygen atoms in total. The van der Waals surface area contributed by atoms with Crippen molar-refractivity contribution in [1.82, 2.24) is 19.7 Å². The molecule has 3 heterocycles. The molecule has 0 saturated heterocycles. The van der Waals surface area contributed by atoms with E-state index in [2.05, 4.69) is 20.7 Å². The minimum Gasteiger partial charge on any atom is -0.458 e. The summed E-state index contributed by atoms with van der Waals surface area (Å²) < 4.78 is 21.1. The Balaban J connectivity index is 1.46. The normalized spacial score (nSPS) is 13.4. The monoisotopic (exact) mass is 462 g/mol. The molecule has 0 spiro atoms. The number of pyridine rings is 1. The number of urea groups is 1. The van der Waals surface area contributed by atoms with Crippen molar-refractivity contribution in [1.29, 1.82) is 0 Å². The molecule has 0 unspecified atom stereocenters. The first-order chi connectivity index (χ1) is 16.2. The number of aromatic nitrogens is 3. The average molecular weight is 463 g/mol. The molecule has 34 heavy (non-hydrogen) atoms. The quantitative estimate of drug-likeness (QED) is 0.553. The zero-order valence-electron chi connectivity index (χ0n) is 19.5. The van der Waals surface area contributed by atoms with Crippen LogP contribution < -0.4 is 15.4 Å². The zero-order chi connectivity index (χ0) is 24.3. The minimum atomic E-state index is -0.491. The number of anilines is 2. The van der Waals surface area contributed by atoms with Gasteiger partial charge in [-0.05, 0) is 36.4 Å². The summed E-state index contributed by atoms with van der Waals surface area (Å²) in [6, 6.07) is 9.69. The fraction of sp³-hybridized carbons (Fsp3) is 0.240. The van der Waals surface area contributed by atoms with E-state index in [1.54, 1.807) is 30.3 Å². The lowest BCUT2D eigenvalue weighted by Crippen LogP contribution is -2.21. The first-order valence-corrected chi connectivity index (χ1v) is 10.8. The molecule has 0 atom stereocenters. The van der Waals surface area contributed by atoms with E-state index in [4.69, 9.17) is 4.74 Å². The van der Waals surface area contributed by atoms with Crippen LogP contribution in [0.15, 0.2) is 72.9 Å². The van der Waals surface area contributed by atoms with Gasteiger partial charge in [0.25, 0.3) is 0 Å². The van der Waals surface area contributed by atoms with Crippen molar-refractivity contribution in [3.63, 3.8) is 0 Å². The third-order valence-corrected chi connectivity index (χ3v) is 5.08. The van der Waals surface area contributed by atoms with Crippen molar-refractivity contribution in [2.45, 2.75) is 26.2 Å². The zero-order valence-corrected chi connectivity index (χ0v) is 19.5. The highest BCUT2D eigenvalue weighted by atomic mass is 19.1. The molecule has 0 radical (unpaired) electrons. The molecule has 0 saturated carbocycles. The first-order valence-electron chi connectivity index (χ1n) is 10.8. The van der Waals surface area contributed by atoms with Gasteiger partial charge in [-0.1, -0.05) is 20.8 Å². The van der Waals surface area contributed by atoms with E-state index in [1.807, 2.05) is 51.1 Å². The third-order valence-electron chi connectivity index (χ3n) is 5.08. The number of likely N-dealkylation sites (N-methyl/N-ethyl adjacent to an activating group) is 1. The summed E-state index contributed by atoms with van der Waals surface area (Å²) in [5.74, 6) is 1.34. The predicted molar refractivity (Wildman–Crippen MR) is 130 cm³/mol. The molecule has 0 fully saturated rings. The van der Waals surface area contributed by atoms with Crippen molar-refractivity contribution in [3.05, 3.63) is 84.4 Å². The largest absolute Gasteiger partial charge is 0.458 e. The van der Waals surface area contributed by atoms with Crippen LogP contribution in [0.2, 0.25) is 0 Å². The Hall–Kier alpha value is -4.14. The Morgan fingerprint density at radius 1 is 1.12 bits per heavy atom. The van der Waals surface area contributed by atoms with E-state index >= 15 is 0 Å². The lowest BCUT2D eigenvalue weighted by molar-refractivity contribution is 0.262. The van der Waals surface area contributed by atoms with Crippen LogP contribution >= 0.6 is 0 Å². The van der Waals surface area contributed by atoms with Gasteiger partial charge in [0.05, 0.1) is 23.8 Å². The second-order valence-electron chi connectivity index (χ2n) is 9.01. The summed E-state index contributed by atoms with van der Waals surface area (Å²) in [6.07, 6.45) is 8.43. The predicted octanol–water partition coefficient (Wildman–Crippen LogP) is 5.07. The number of hydrogen-bond acceptors (Lipinski definition) is 5. The molecular weight excluding hydrogens is 435 g/mol. The SMILES string of the molecule is CN1C=CC(Oc2ccc(NC(=O)Nc3cc(C(C)(C)C)nn3-c3cncc(F)c3)cc2)=CC1. The number of nitrogens with one attached hydrogen (secondary N) is 2. The standard InChI is InChI=1S/C25H27FN6O2/c1-25(2,3)22-14-23(32(30-22)19-13-17(26)15-27-16-19)29-24(33)28-18-5-7-20(8-6-18)34-21-9-11-31(4)12-10-21/h5-11,13-16H,12H2,1-4H3,(H2,28,29,33). The molecule has 2 N–H and O–H groups in total. The lowest BCUT2D eigenvalue weighted by atomic mass is 9.92. The van der Waals surface area contributed by atoms with Crippen LogP contribution in [0.3, 0.4) is 0 Å². The second-order valence-corrected chi connectivity index (χ2v) is 9.01. The number of nitrogens with zero attached hydrogens (tertiary/aromatic N) is 4. The van der Waals surface area contributed by atoms with Crippen LogP contribution in [-0.4, -0.2) is 39.3 Å². The molecule has 2 amide bonds. The Labute approximate surface area is 197 Å². The summed E-state index contributed by atoms with van der Waals surface area (Å²) >= 11 is 0. The van der Waals surface area contributed by atoms with Crippen LogP contribution in [0.25, 0.3) is 5.69 Å². The van der Waals surface area contributed by atoms with Gasteiger partial charge in [0.15, 0.2) is 0 Å². The van der Waals surface area contributed by atoms with E-state index in [0.717, 1.165) is 24.2 Å². The summed E-state index contributed by atoms with van der Waals surface area (Å²) in [6.45, 7) is 6.81. The van der Waals surface area contributed by atoms with Gasteiger partial charge >= 0.3 is 6.03 Å². The molecule has 2 aromatic heterocycles. The summed E-state index contributed by atoms with van der Waals surface area (Å²) in [7, 11) is 1.99. The number of halogens is 1. The molecular formula is C25H27FN6O2. The van der Waals surface area contributed by atoms with Crippen LogP contribution in [0.1, 0.15) is 26.5 Å². The molecule has 3 aromatic rings. The van der Waals surface area contributed by atoms with E-state index in [9.17, 15) is 9.18 Å². The maximum absolute atomic E-state index is 13.8. The van der Waals surface area contributed by atoms with E-state index in [1.165, 1.54) is 16.9 Å². The Morgan fingerprint density at radius 3 is 2.53 bits per heavy atom. The van der Waals surface area contributed by atoms with Crippen LogP contribution in [0.5, 0.6) is 5.75 Å². The summed E-state index contributed by atoms with van der Waals surface area (Å²) in [5, 5.41) is 10.2. The minimum absolute atomic E-state index is 0.271. The van der Waals surface area contributed by atoms with E-state index in [0.29, 0.717) is 22.9 Å². The van der Waals surface area contributed by atoms with Gasteiger partial charge in [-0.3, -0.25) is 10.3 Å². The smallest absolute Gasteiger partial charge is 0.324 e. The van der Waals surface area contributed by atoms with Gasteiger partial charge in [-0.25, -0.2) is 13.9 Å². The van der Waals surface area contributed by atoms with Gasteiger partial charge in [-0.15, -0.1) is 0 Å². The molecule has 0 bridgehead atoms. The highest BCUT2D eigenvalue weighted by molar-refractivity contribution is 5.99. The third kappa shape index (κ3) is 5.61. The molecule has 176 valence electrons. The highest BCUT2D eigenvalue weighted by Crippen LogP contribution is 2.27. The van der Waals surface area contributed by atoms with E-state index < -0.39 is 11.8 Å². The maximum Gasteiger partial charge on any atom is 0.324 e. The van der Waals surface area contributed by atoms with Crippen LogP contribution in [0.4, 0.5) is 20.7 Å². The van der Waals surface area contributed by atoms with Gasteiger partial charge in [0.2, 0.25) is 0 Å². The van der Waals surface area contributed by atoms with E-state index in [-0.39, 0.29) is 5.41 Å². The molecule has 9 heteroatoms. The van der Waals surface area contributed by atoms with Gasteiger partial charge in [-0.2, -0.15) is 5.10 Å². The number of carbonyl (C=O) groups excluding carboxylic acids is 1. The molecule has 1 aliphatic heterocycles. The number of carbonyl (C=O) groups is 1. The maximum atomic E-state index is 13.8. The number of hydrogen-bond donors (Lipinski definition) is 2. The van der Waals surface area contributed by atoms with Crippen molar-refractivity contribution in [2.24, 2.45) is 0 Å². The average Bonchev–Trinajstić information content (AvgIpc) is 3.21.